The second-order valence-corrected chi connectivity index (χ2v) is 8.77. The van der Waals surface area contributed by atoms with Gasteiger partial charge >= 0.3 is 0 Å². The molecule has 5 rings (SSSR count). The van der Waals surface area contributed by atoms with Gasteiger partial charge in [-0.25, -0.2) is 0 Å². The van der Waals surface area contributed by atoms with E-state index < -0.39 is 0 Å². The molecule has 0 radical (unpaired) electrons. The van der Waals surface area contributed by atoms with E-state index in [1.54, 1.807) is 7.11 Å². The molecule has 0 saturated carbocycles. The third-order valence-electron chi connectivity index (χ3n) is 6.58. The molecule has 0 bridgehead atoms. The molecule has 4 aromatic carbocycles. The molecule has 0 N–H and O–H groups in total. The molecule has 0 unspecified atom stereocenters. The molecule has 0 aliphatic carbocycles. The Labute approximate surface area is 206 Å². The minimum Gasteiger partial charge on any atom is -0.493 e. The van der Waals surface area contributed by atoms with Crippen LogP contribution in [0.15, 0.2) is 103 Å². The molecular weight excluding hydrogens is 434 g/mol. The number of methoxy groups -OCH3 is 1. The van der Waals surface area contributed by atoms with E-state index in [4.69, 9.17) is 9.47 Å². The summed E-state index contributed by atoms with van der Waals surface area (Å²) < 4.78 is 11.9. The fraction of sp³-hybridized carbons (Fsp3) is 0.194. The standard InChI is InChI=1S/C31H29NO3/c1-34-28-18-17-26-21-32(20-19-27(26)30(28)35-22-23-11-5-2-6-12-23)31(33)29(24-13-7-3-8-14-24)25-15-9-4-10-16-25/h2-18,29H,19-22H2,1H3. The molecule has 4 aromatic rings. The molecular formula is C31H29NO3. The Morgan fingerprint density at radius 2 is 1.43 bits per heavy atom. The van der Waals surface area contributed by atoms with Crippen molar-refractivity contribution in [1.29, 1.82) is 0 Å². The summed E-state index contributed by atoms with van der Waals surface area (Å²) >= 11 is 0. The first-order valence-corrected chi connectivity index (χ1v) is 12.0. The Morgan fingerprint density at radius 3 is 2.03 bits per heavy atom. The average Bonchev–Trinajstić information content (AvgIpc) is 2.93. The van der Waals surface area contributed by atoms with E-state index in [1.807, 2.05) is 89.8 Å². The molecule has 1 aliphatic heterocycles. The fourth-order valence-electron chi connectivity index (χ4n) is 4.79. The van der Waals surface area contributed by atoms with Crippen molar-refractivity contribution in [2.24, 2.45) is 0 Å². The van der Waals surface area contributed by atoms with Crippen molar-refractivity contribution >= 4 is 5.91 Å². The van der Waals surface area contributed by atoms with Crippen LogP contribution in [0.2, 0.25) is 0 Å². The number of hydrogen-bond acceptors (Lipinski definition) is 3. The van der Waals surface area contributed by atoms with E-state index in [0.717, 1.165) is 45.7 Å². The van der Waals surface area contributed by atoms with Crippen LogP contribution in [0.4, 0.5) is 0 Å². The number of nitrogens with zero attached hydrogens (tertiary/aromatic N) is 1. The minimum absolute atomic E-state index is 0.121. The van der Waals surface area contributed by atoms with Crippen molar-refractivity contribution in [1.82, 2.24) is 4.90 Å². The summed E-state index contributed by atoms with van der Waals surface area (Å²) in [7, 11) is 1.67. The van der Waals surface area contributed by atoms with E-state index in [0.29, 0.717) is 19.7 Å². The van der Waals surface area contributed by atoms with Crippen LogP contribution >= 0.6 is 0 Å². The highest BCUT2D eigenvalue weighted by Crippen LogP contribution is 2.38. The molecule has 0 spiro atoms. The third-order valence-corrected chi connectivity index (χ3v) is 6.58. The van der Waals surface area contributed by atoms with Crippen LogP contribution in [-0.2, 0) is 24.4 Å². The Balaban J connectivity index is 1.41. The predicted molar refractivity (Wildman–Crippen MR) is 138 cm³/mol. The fourth-order valence-corrected chi connectivity index (χ4v) is 4.79. The number of carbonyl (C=O) groups is 1. The van der Waals surface area contributed by atoms with Gasteiger partial charge in [0, 0.05) is 18.7 Å². The molecule has 0 fully saturated rings. The minimum atomic E-state index is -0.328. The lowest BCUT2D eigenvalue weighted by molar-refractivity contribution is -0.132. The number of hydrogen-bond donors (Lipinski definition) is 0. The quantitative estimate of drug-likeness (QED) is 0.338. The van der Waals surface area contributed by atoms with Gasteiger partial charge in [0.25, 0.3) is 0 Å². The summed E-state index contributed by atoms with van der Waals surface area (Å²) in [4.78, 5) is 15.9. The Bertz CT molecular complexity index is 1230. The molecule has 1 heterocycles. The topological polar surface area (TPSA) is 38.8 Å². The molecule has 176 valence electrons. The van der Waals surface area contributed by atoms with E-state index in [-0.39, 0.29) is 11.8 Å². The zero-order valence-corrected chi connectivity index (χ0v) is 19.9. The average molecular weight is 464 g/mol. The SMILES string of the molecule is COc1ccc2c(c1OCc1ccccc1)CCN(C(=O)C(c1ccccc1)c1ccccc1)C2. The van der Waals surface area contributed by atoms with Gasteiger partial charge in [-0.05, 0) is 34.7 Å². The highest BCUT2D eigenvalue weighted by molar-refractivity contribution is 5.87. The molecule has 0 saturated heterocycles. The van der Waals surface area contributed by atoms with Crippen molar-refractivity contribution in [3.63, 3.8) is 0 Å². The number of ether oxygens (including phenoxy) is 2. The van der Waals surface area contributed by atoms with E-state index in [1.165, 1.54) is 0 Å². The first kappa shape index (κ1) is 22.7. The van der Waals surface area contributed by atoms with Gasteiger partial charge in [-0.2, -0.15) is 0 Å². The largest absolute Gasteiger partial charge is 0.493 e. The number of amides is 1. The van der Waals surface area contributed by atoms with Gasteiger partial charge in [-0.3, -0.25) is 4.79 Å². The highest BCUT2D eigenvalue weighted by Gasteiger charge is 2.31. The van der Waals surface area contributed by atoms with Crippen molar-refractivity contribution in [3.8, 4) is 11.5 Å². The van der Waals surface area contributed by atoms with Crippen LogP contribution in [0.5, 0.6) is 11.5 Å². The van der Waals surface area contributed by atoms with Crippen LogP contribution in [0, 0.1) is 0 Å². The van der Waals surface area contributed by atoms with Crippen LogP contribution in [0.1, 0.15) is 33.7 Å². The number of rotatable bonds is 7. The lowest BCUT2D eigenvalue weighted by Gasteiger charge is -2.33. The molecule has 0 atom stereocenters. The summed E-state index contributed by atoms with van der Waals surface area (Å²) in [5.41, 5.74) is 5.36. The van der Waals surface area contributed by atoms with Gasteiger partial charge in [-0.1, -0.05) is 97.1 Å². The summed E-state index contributed by atoms with van der Waals surface area (Å²) in [6, 6.07) is 34.2. The lowest BCUT2D eigenvalue weighted by atomic mass is 9.88. The number of benzene rings is 4. The van der Waals surface area contributed by atoms with Crippen molar-refractivity contribution in [2.75, 3.05) is 13.7 Å². The van der Waals surface area contributed by atoms with Crippen LogP contribution in [-0.4, -0.2) is 24.5 Å². The second kappa shape index (κ2) is 10.5. The monoisotopic (exact) mass is 463 g/mol. The predicted octanol–water partition coefficient (Wildman–Crippen LogP) is 5.99. The Hall–Kier alpha value is -4.05. The summed E-state index contributed by atoms with van der Waals surface area (Å²) in [6.07, 6.45) is 0.721. The maximum Gasteiger partial charge on any atom is 0.234 e. The smallest absolute Gasteiger partial charge is 0.234 e. The number of carbonyl (C=O) groups excluding carboxylic acids is 1. The molecule has 1 amide bonds. The Kier molecular flexibility index (Phi) is 6.80. The maximum atomic E-state index is 13.9. The Morgan fingerprint density at radius 1 is 0.829 bits per heavy atom. The zero-order valence-electron chi connectivity index (χ0n) is 19.9. The van der Waals surface area contributed by atoms with Crippen molar-refractivity contribution < 1.29 is 14.3 Å². The lowest BCUT2D eigenvalue weighted by Crippen LogP contribution is -2.39. The highest BCUT2D eigenvalue weighted by atomic mass is 16.5. The van der Waals surface area contributed by atoms with E-state index in [2.05, 4.69) is 18.2 Å². The molecule has 0 aromatic heterocycles. The van der Waals surface area contributed by atoms with Gasteiger partial charge in [0.1, 0.15) is 6.61 Å². The normalized spacial score (nSPS) is 12.8. The van der Waals surface area contributed by atoms with Crippen LogP contribution < -0.4 is 9.47 Å². The van der Waals surface area contributed by atoms with Gasteiger partial charge < -0.3 is 14.4 Å². The van der Waals surface area contributed by atoms with Crippen molar-refractivity contribution in [2.45, 2.75) is 25.5 Å². The molecule has 35 heavy (non-hydrogen) atoms. The maximum absolute atomic E-state index is 13.9. The summed E-state index contributed by atoms with van der Waals surface area (Å²) in [5, 5.41) is 0. The number of fused-ring (bicyclic) bond motifs is 1. The molecule has 1 aliphatic rings. The third kappa shape index (κ3) is 4.92. The van der Waals surface area contributed by atoms with Crippen molar-refractivity contribution in [3.05, 3.63) is 131 Å². The van der Waals surface area contributed by atoms with E-state index in [9.17, 15) is 4.79 Å². The van der Waals surface area contributed by atoms with Crippen LogP contribution in [0.25, 0.3) is 0 Å². The van der Waals surface area contributed by atoms with Gasteiger partial charge in [0.2, 0.25) is 5.91 Å². The summed E-state index contributed by atoms with van der Waals surface area (Å²) in [5.74, 6) is 1.30. The first-order valence-electron chi connectivity index (χ1n) is 12.0. The van der Waals surface area contributed by atoms with Gasteiger partial charge in [-0.15, -0.1) is 0 Å². The van der Waals surface area contributed by atoms with E-state index >= 15 is 0 Å². The molecule has 4 heteroatoms. The van der Waals surface area contributed by atoms with Gasteiger partial charge in [0.05, 0.1) is 13.0 Å². The second-order valence-electron chi connectivity index (χ2n) is 8.77. The van der Waals surface area contributed by atoms with Crippen LogP contribution in [0.3, 0.4) is 0 Å². The first-order chi connectivity index (χ1) is 17.2. The molecule has 4 nitrogen and oxygen atoms in total. The summed E-state index contributed by atoms with van der Waals surface area (Å²) in [6.45, 7) is 1.66. The zero-order chi connectivity index (χ0) is 24.0. The van der Waals surface area contributed by atoms with Gasteiger partial charge in [0.15, 0.2) is 11.5 Å².